The van der Waals surface area contributed by atoms with Crippen molar-refractivity contribution in [1.29, 1.82) is 0 Å². The zero-order chi connectivity index (χ0) is 13.2. The Labute approximate surface area is 124 Å². The zero-order valence-corrected chi connectivity index (χ0v) is 13.5. The van der Waals surface area contributed by atoms with Crippen LogP contribution in [0.2, 0.25) is 5.02 Å². The molecule has 0 radical (unpaired) electrons. The van der Waals surface area contributed by atoms with Crippen molar-refractivity contribution < 1.29 is 0 Å². The Morgan fingerprint density at radius 3 is 2.39 bits per heavy atom. The average molecular weight is 333 g/mol. The van der Waals surface area contributed by atoms with Gasteiger partial charge in [-0.25, -0.2) is 0 Å². The van der Waals surface area contributed by atoms with Crippen LogP contribution in [0.25, 0.3) is 0 Å². The second kappa shape index (κ2) is 9.69. The lowest BCUT2D eigenvalue weighted by Crippen LogP contribution is -2.01. The summed E-state index contributed by atoms with van der Waals surface area (Å²) in [6.45, 7) is 3.29. The van der Waals surface area contributed by atoms with Crippen LogP contribution >= 0.6 is 27.5 Å². The maximum absolute atomic E-state index is 6.04. The molecule has 0 unspecified atom stereocenters. The summed E-state index contributed by atoms with van der Waals surface area (Å²) < 4.78 is 0.950. The molecule has 1 aromatic carbocycles. The molecule has 0 saturated heterocycles. The van der Waals surface area contributed by atoms with Crippen LogP contribution in [0.5, 0.6) is 0 Å². The monoisotopic (exact) mass is 331 g/mol. The van der Waals surface area contributed by atoms with Crippen LogP contribution in [0.3, 0.4) is 0 Å². The second-order valence-electron chi connectivity index (χ2n) is 4.68. The fraction of sp³-hybridized carbons (Fsp3) is 0.600. The molecule has 0 aromatic heterocycles. The SMILES string of the molecule is CCCCCCCCCNc1ccc(Br)c(Cl)c1. The van der Waals surface area contributed by atoms with Gasteiger partial charge in [0.1, 0.15) is 0 Å². The van der Waals surface area contributed by atoms with Crippen molar-refractivity contribution in [3.8, 4) is 0 Å². The van der Waals surface area contributed by atoms with E-state index >= 15 is 0 Å². The maximum Gasteiger partial charge on any atom is 0.0568 e. The van der Waals surface area contributed by atoms with Crippen molar-refractivity contribution >= 4 is 33.2 Å². The summed E-state index contributed by atoms with van der Waals surface area (Å²) in [5.41, 5.74) is 1.11. The van der Waals surface area contributed by atoms with E-state index in [0.29, 0.717) is 0 Å². The van der Waals surface area contributed by atoms with E-state index in [1.165, 1.54) is 44.9 Å². The summed E-state index contributed by atoms with van der Waals surface area (Å²) in [6.07, 6.45) is 9.41. The van der Waals surface area contributed by atoms with Gasteiger partial charge in [-0.1, -0.05) is 57.0 Å². The van der Waals surface area contributed by atoms with Crippen LogP contribution < -0.4 is 5.32 Å². The normalized spacial score (nSPS) is 10.6. The first kappa shape index (κ1) is 15.8. The number of halogens is 2. The van der Waals surface area contributed by atoms with Crippen molar-refractivity contribution in [2.24, 2.45) is 0 Å². The molecule has 0 bridgehead atoms. The van der Waals surface area contributed by atoms with E-state index in [2.05, 4.69) is 34.2 Å². The van der Waals surface area contributed by atoms with Crippen LogP contribution in [0, 0.1) is 0 Å². The van der Waals surface area contributed by atoms with Gasteiger partial charge in [-0.05, 0) is 40.5 Å². The first-order valence-corrected chi connectivity index (χ1v) is 8.10. The van der Waals surface area contributed by atoms with E-state index in [-0.39, 0.29) is 0 Å². The third-order valence-corrected chi connectivity index (χ3v) is 4.26. The fourth-order valence-corrected chi connectivity index (χ4v) is 2.35. The standard InChI is InChI=1S/C15H23BrClN/c1-2-3-4-5-6-7-8-11-18-13-9-10-14(16)15(17)12-13/h9-10,12,18H,2-8,11H2,1H3. The van der Waals surface area contributed by atoms with Gasteiger partial charge in [0.25, 0.3) is 0 Å². The van der Waals surface area contributed by atoms with Crippen LogP contribution in [-0.2, 0) is 0 Å². The Balaban J connectivity index is 2.05. The topological polar surface area (TPSA) is 12.0 Å². The number of anilines is 1. The molecule has 3 heteroatoms. The molecule has 0 fully saturated rings. The van der Waals surface area contributed by atoms with Crippen molar-refractivity contribution in [1.82, 2.24) is 0 Å². The predicted molar refractivity (Wildman–Crippen MR) is 85.6 cm³/mol. The molecule has 0 spiro atoms. The van der Waals surface area contributed by atoms with Crippen molar-refractivity contribution in [3.05, 3.63) is 27.7 Å². The van der Waals surface area contributed by atoms with Gasteiger partial charge >= 0.3 is 0 Å². The molecular weight excluding hydrogens is 310 g/mol. The highest BCUT2D eigenvalue weighted by Crippen LogP contribution is 2.25. The molecule has 0 aliphatic heterocycles. The van der Waals surface area contributed by atoms with E-state index in [0.717, 1.165) is 21.7 Å². The van der Waals surface area contributed by atoms with Crippen LogP contribution in [0.1, 0.15) is 51.9 Å². The van der Waals surface area contributed by atoms with E-state index in [4.69, 9.17) is 11.6 Å². The molecule has 1 rings (SSSR count). The highest BCUT2D eigenvalue weighted by molar-refractivity contribution is 9.10. The van der Waals surface area contributed by atoms with Crippen molar-refractivity contribution in [3.63, 3.8) is 0 Å². The van der Waals surface area contributed by atoms with Gasteiger partial charge in [0, 0.05) is 16.7 Å². The second-order valence-corrected chi connectivity index (χ2v) is 5.94. The van der Waals surface area contributed by atoms with E-state index in [9.17, 15) is 0 Å². The summed E-state index contributed by atoms with van der Waals surface area (Å²) in [4.78, 5) is 0. The number of nitrogens with one attached hydrogen (secondary N) is 1. The first-order chi connectivity index (χ1) is 8.74. The summed E-state index contributed by atoms with van der Waals surface area (Å²) in [7, 11) is 0. The van der Waals surface area contributed by atoms with E-state index in [1.54, 1.807) is 0 Å². The summed E-state index contributed by atoms with van der Waals surface area (Å²) >= 11 is 9.43. The lowest BCUT2D eigenvalue weighted by atomic mass is 10.1. The molecule has 1 nitrogen and oxygen atoms in total. The molecule has 0 amide bonds. The van der Waals surface area contributed by atoms with Gasteiger partial charge in [-0.15, -0.1) is 0 Å². The number of hydrogen-bond acceptors (Lipinski definition) is 1. The van der Waals surface area contributed by atoms with Gasteiger partial charge in [-0.3, -0.25) is 0 Å². The van der Waals surface area contributed by atoms with Crippen LogP contribution in [0.4, 0.5) is 5.69 Å². The Bertz CT molecular complexity index is 341. The smallest absolute Gasteiger partial charge is 0.0568 e. The van der Waals surface area contributed by atoms with Gasteiger partial charge in [0.2, 0.25) is 0 Å². The van der Waals surface area contributed by atoms with Gasteiger partial charge < -0.3 is 5.32 Å². The largest absolute Gasteiger partial charge is 0.385 e. The zero-order valence-electron chi connectivity index (χ0n) is 11.1. The average Bonchev–Trinajstić information content (AvgIpc) is 2.37. The van der Waals surface area contributed by atoms with E-state index < -0.39 is 0 Å². The minimum absolute atomic E-state index is 0.763. The van der Waals surface area contributed by atoms with E-state index in [1.807, 2.05) is 12.1 Å². The molecule has 0 aliphatic carbocycles. The third-order valence-electron chi connectivity index (χ3n) is 3.03. The summed E-state index contributed by atoms with van der Waals surface area (Å²) in [5, 5.41) is 4.17. The highest BCUT2D eigenvalue weighted by Gasteiger charge is 1.98. The first-order valence-electron chi connectivity index (χ1n) is 6.93. The Morgan fingerprint density at radius 1 is 1.06 bits per heavy atom. The minimum atomic E-state index is 0.763. The summed E-state index contributed by atoms with van der Waals surface area (Å²) in [6, 6.07) is 6.00. The van der Waals surface area contributed by atoms with Gasteiger partial charge in [0.05, 0.1) is 5.02 Å². The van der Waals surface area contributed by atoms with Gasteiger partial charge in [-0.2, -0.15) is 0 Å². The van der Waals surface area contributed by atoms with Crippen LogP contribution in [-0.4, -0.2) is 6.54 Å². The lowest BCUT2D eigenvalue weighted by molar-refractivity contribution is 0.596. The van der Waals surface area contributed by atoms with Crippen molar-refractivity contribution in [2.75, 3.05) is 11.9 Å². The third kappa shape index (κ3) is 6.65. The molecule has 18 heavy (non-hydrogen) atoms. The molecule has 1 aromatic rings. The van der Waals surface area contributed by atoms with Gasteiger partial charge in [0.15, 0.2) is 0 Å². The number of rotatable bonds is 9. The highest BCUT2D eigenvalue weighted by atomic mass is 79.9. The quantitative estimate of drug-likeness (QED) is 0.526. The molecule has 0 aliphatic rings. The molecule has 102 valence electrons. The lowest BCUT2D eigenvalue weighted by Gasteiger charge is -2.07. The van der Waals surface area contributed by atoms with Crippen molar-refractivity contribution in [2.45, 2.75) is 51.9 Å². The molecule has 0 heterocycles. The molecule has 0 saturated carbocycles. The summed E-state index contributed by atoms with van der Waals surface area (Å²) in [5.74, 6) is 0. The Kier molecular flexibility index (Phi) is 8.53. The molecular formula is C15H23BrClN. The fourth-order valence-electron chi connectivity index (χ4n) is 1.92. The molecule has 1 N–H and O–H groups in total. The van der Waals surface area contributed by atoms with Crippen LogP contribution in [0.15, 0.2) is 22.7 Å². The molecule has 0 atom stereocenters. The number of unbranched alkanes of at least 4 members (excludes halogenated alkanes) is 6. The Hall–Kier alpha value is -0.210. The number of benzene rings is 1. The maximum atomic E-state index is 6.04. The minimum Gasteiger partial charge on any atom is -0.385 e. The predicted octanol–water partition coefficient (Wildman–Crippen LogP) is 6.27. The number of hydrogen-bond donors (Lipinski definition) is 1. The Morgan fingerprint density at radius 2 is 1.72 bits per heavy atom.